The van der Waals surface area contributed by atoms with Gasteiger partial charge in [0.05, 0.1) is 0 Å². The molecule has 90 valence electrons. The van der Waals surface area contributed by atoms with Crippen LogP contribution in [0.3, 0.4) is 0 Å². The van der Waals surface area contributed by atoms with Crippen LogP contribution in [-0.4, -0.2) is 0 Å². The van der Waals surface area contributed by atoms with Crippen molar-refractivity contribution in [2.24, 2.45) is 5.92 Å². The van der Waals surface area contributed by atoms with E-state index >= 15 is 0 Å². The lowest BCUT2D eigenvalue weighted by atomic mass is 9.90. The summed E-state index contributed by atoms with van der Waals surface area (Å²) in [6.45, 7) is 11.2. The second kappa shape index (κ2) is 5.86. The molecule has 2 unspecified atom stereocenters. The topological polar surface area (TPSA) is 0 Å². The van der Waals surface area contributed by atoms with Gasteiger partial charge in [-0.3, -0.25) is 0 Å². The molecule has 1 aromatic carbocycles. The van der Waals surface area contributed by atoms with Crippen LogP contribution in [0.25, 0.3) is 0 Å². The Kier molecular flexibility index (Phi) is 5.04. The summed E-state index contributed by atoms with van der Waals surface area (Å²) in [5.41, 5.74) is 5.69. The van der Waals surface area contributed by atoms with Crippen LogP contribution in [0.5, 0.6) is 0 Å². The number of aryl methyl sites for hydroxylation is 3. The molecule has 0 aliphatic carbocycles. The quantitative estimate of drug-likeness (QED) is 0.641. The van der Waals surface area contributed by atoms with Gasteiger partial charge in [-0.2, -0.15) is 0 Å². The Hall–Kier alpha value is -0.300. The van der Waals surface area contributed by atoms with Crippen molar-refractivity contribution in [2.45, 2.75) is 52.3 Å². The van der Waals surface area contributed by atoms with E-state index in [1.807, 2.05) is 0 Å². The molecule has 2 atom stereocenters. The first-order chi connectivity index (χ1) is 7.47. The van der Waals surface area contributed by atoms with E-state index in [-0.39, 0.29) is 0 Å². The minimum atomic E-state index is 0.494. The number of alkyl halides is 1. The molecule has 1 rings (SSSR count). The summed E-state index contributed by atoms with van der Waals surface area (Å²) < 4.78 is 0. The molecule has 0 heterocycles. The zero-order valence-electron chi connectivity index (χ0n) is 11.1. The lowest BCUT2D eigenvalue weighted by molar-refractivity contribution is 0.516. The molecular formula is C15H23Br. The predicted molar refractivity (Wildman–Crippen MR) is 76.4 cm³/mol. The van der Waals surface area contributed by atoms with E-state index in [0.29, 0.717) is 10.7 Å². The predicted octanol–water partition coefficient (Wildman–Crippen LogP) is 5.48. The van der Waals surface area contributed by atoms with Crippen LogP contribution in [-0.2, 0) is 0 Å². The zero-order chi connectivity index (χ0) is 12.3. The highest BCUT2D eigenvalue weighted by molar-refractivity contribution is 9.09. The SMILES string of the molecule is CCCC(C)C(Br)c1c(C)cc(C)cc1C. The standard InChI is InChI=1S/C15H23Br/c1-6-7-11(3)15(16)14-12(4)8-10(2)9-13(14)5/h8-9,11,15H,6-7H2,1-5H3. The van der Waals surface area contributed by atoms with Crippen LogP contribution in [0.1, 0.15) is 53.8 Å². The summed E-state index contributed by atoms with van der Waals surface area (Å²) in [4.78, 5) is 0.494. The van der Waals surface area contributed by atoms with E-state index in [2.05, 4.69) is 62.7 Å². The highest BCUT2D eigenvalue weighted by Gasteiger charge is 2.19. The Labute approximate surface area is 109 Å². The normalized spacial score (nSPS) is 14.9. The van der Waals surface area contributed by atoms with Crippen LogP contribution in [0.2, 0.25) is 0 Å². The Balaban J connectivity index is 3.03. The number of hydrogen-bond donors (Lipinski definition) is 0. The second-order valence-electron chi connectivity index (χ2n) is 4.98. The van der Waals surface area contributed by atoms with E-state index in [9.17, 15) is 0 Å². The molecule has 0 aliphatic rings. The maximum Gasteiger partial charge on any atom is 0.0426 e. The van der Waals surface area contributed by atoms with Gasteiger partial charge >= 0.3 is 0 Å². The first-order valence-corrected chi connectivity index (χ1v) is 7.10. The minimum Gasteiger partial charge on any atom is -0.0836 e. The van der Waals surface area contributed by atoms with E-state index in [1.165, 1.54) is 35.1 Å². The Morgan fingerprint density at radius 3 is 2.06 bits per heavy atom. The van der Waals surface area contributed by atoms with Crippen LogP contribution in [0.15, 0.2) is 12.1 Å². The van der Waals surface area contributed by atoms with Gasteiger partial charge in [0, 0.05) is 4.83 Å². The Morgan fingerprint density at radius 1 is 1.12 bits per heavy atom. The van der Waals surface area contributed by atoms with Crippen molar-refractivity contribution in [1.29, 1.82) is 0 Å². The molecule has 0 saturated heterocycles. The van der Waals surface area contributed by atoms with Gasteiger partial charge in [0.1, 0.15) is 0 Å². The largest absolute Gasteiger partial charge is 0.0836 e. The minimum absolute atomic E-state index is 0.494. The molecular weight excluding hydrogens is 260 g/mol. The molecule has 0 aliphatic heterocycles. The molecule has 1 heteroatoms. The highest BCUT2D eigenvalue weighted by Crippen LogP contribution is 2.37. The van der Waals surface area contributed by atoms with Gasteiger partial charge < -0.3 is 0 Å². The molecule has 0 fully saturated rings. The molecule has 0 radical (unpaired) electrons. The van der Waals surface area contributed by atoms with E-state index in [1.54, 1.807) is 0 Å². The van der Waals surface area contributed by atoms with E-state index in [4.69, 9.17) is 0 Å². The molecule has 0 saturated carbocycles. The number of halogens is 1. The van der Waals surface area contributed by atoms with Crippen LogP contribution in [0, 0.1) is 26.7 Å². The molecule has 0 amide bonds. The average molecular weight is 283 g/mol. The fourth-order valence-electron chi connectivity index (χ4n) is 2.51. The molecule has 16 heavy (non-hydrogen) atoms. The fraction of sp³-hybridized carbons (Fsp3) is 0.600. The number of rotatable bonds is 4. The zero-order valence-corrected chi connectivity index (χ0v) is 12.7. The van der Waals surface area contributed by atoms with Gasteiger partial charge in [0.15, 0.2) is 0 Å². The number of benzene rings is 1. The maximum atomic E-state index is 3.88. The molecule has 1 aromatic rings. The first kappa shape index (κ1) is 13.8. The number of hydrogen-bond acceptors (Lipinski definition) is 0. The average Bonchev–Trinajstić information content (AvgIpc) is 2.16. The van der Waals surface area contributed by atoms with Gasteiger partial charge in [-0.05, 0) is 49.8 Å². The molecule has 0 nitrogen and oxygen atoms in total. The van der Waals surface area contributed by atoms with E-state index in [0.717, 1.165) is 0 Å². The van der Waals surface area contributed by atoms with Gasteiger partial charge in [-0.25, -0.2) is 0 Å². The van der Waals surface area contributed by atoms with Gasteiger partial charge in [0.25, 0.3) is 0 Å². The van der Waals surface area contributed by atoms with Crippen molar-refractivity contribution in [2.75, 3.05) is 0 Å². The molecule has 0 spiro atoms. The summed E-state index contributed by atoms with van der Waals surface area (Å²) in [6, 6.07) is 4.57. The third-order valence-corrected chi connectivity index (χ3v) is 4.62. The summed E-state index contributed by atoms with van der Waals surface area (Å²) in [6.07, 6.45) is 2.54. The summed E-state index contributed by atoms with van der Waals surface area (Å²) in [7, 11) is 0. The lowest BCUT2D eigenvalue weighted by Crippen LogP contribution is -2.07. The fourth-order valence-corrected chi connectivity index (χ4v) is 3.50. The van der Waals surface area contributed by atoms with Crippen molar-refractivity contribution in [3.63, 3.8) is 0 Å². The van der Waals surface area contributed by atoms with Crippen molar-refractivity contribution in [1.82, 2.24) is 0 Å². The van der Waals surface area contributed by atoms with Gasteiger partial charge in [-0.1, -0.05) is 53.9 Å². The third-order valence-electron chi connectivity index (χ3n) is 3.26. The van der Waals surface area contributed by atoms with Crippen molar-refractivity contribution in [3.8, 4) is 0 Å². The van der Waals surface area contributed by atoms with Crippen molar-refractivity contribution in [3.05, 3.63) is 34.4 Å². The van der Waals surface area contributed by atoms with E-state index < -0.39 is 0 Å². The second-order valence-corrected chi connectivity index (χ2v) is 5.97. The van der Waals surface area contributed by atoms with Crippen molar-refractivity contribution < 1.29 is 0 Å². The Bertz CT molecular complexity index is 331. The molecule has 0 aromatic heterocycles. The van der Waals surface area contributed by atoms with Crippen LogP contribution in [0.4, 0.5) is 0 Å². The third kappa shape index (κ3) is 3.10. The van der Waals surface area contributed by atoms with Gasteiger partial charge in [-0.15, -0.1) is 0 Å². The first-order valence-electron chi connectivity index (χ1n) is 6.19. The summed E-state index contributed by atoms with van der Waals surface area (Å²) >= 11 is 3.88. The summed E-state index contributed by atoms with van der Waals surface area (Å²) in [5.74, 6) is 0.699. The Morgan fingerprint density at radius 2 is 1.62 bits per heavy atom. The molecule has 0 N–H and O–H groups in total. The lowest BCUT2D eigenvalue weighted by Gasteiger charge is -2.22. The monoisotopic (exact) mass is 282 g/mol. The highest BCUT2D eigenvalue weighted by atomic mass is 79.9. The maximum absolute atomic E-state index is 3.88. The van der Waals surface area contributed by atoms with Crippen LogP contribution >= 0.6 is 15.9 Å². The van der Waals surface area contributed by atoms with Gasteiger partial charge in [0.2, 0.25) is 0 Å². The van der Waals surface area contributed by atoms with Crippen LogP contribution < -0.4 is 0 Å². The summed E-state index contributed by atoms with van der Waals surface area (Å²) in [5, 5.41) is 0. The smallest absolute Gasteiger partial charge is 0.0426 e. The molecule has 0 bridgehead atoms. The van der Waals surface area contributed by atoms with Crippen molar-refractivity contribution >= 4 is 15.9 Å².